The van der Waals surface area contributed by atoms with Crippen molar-refractivity contribution in [2.75, 3.05) is 0 Å². The molecule has 0 spiro atoms. The highest BCUT2D eigenvalue weighted by Gasteiger charge is 2.09. The minimum atomic E-state index is 0.000280. The largest absolute Gasteiger partial charge is 0.306 e. The highest BCUT2D eigenvalue weighted by atomic mass is 127. The number of hydrogen-bond acceptors (Lipinski definition) is 4. The lowest BCUT2D eigenvalue weighted by atomic mass is 10.3. The minimum Gasteiger partial charge on any atom is -0.306 e. The molecule has 21 heavy (non-hydrogen) atoms. The van der Waals surface area contributed by atoms with Crippen LogP contribution in [-0.4, -0.2) is 14.5 Å². The Morgan fingerprint density at radius 2 is 2.14 bits per heavy atom. The lowest BCUT2D eigenvalue weighted by Gasteiger charge is -2.09. The maximum atomic E-state index is 12.0. The van der Waals surface area contributed by atoms with Gasteiger partial charge in [-0.15, -0.1) is 11.3 Å². The van der Waals surface area contributed by atoms with Gasteiger partial charge in [0.2, 0.25) is 0 Å². The Labute approximate surface area is 139 Å². The molecule has 3 aromatic heterocycles. The summed E-state index contributed by atoms with van der Waals surface area (Å²) < 4.78 is 2.83. The second kappa shape index (κ2) is 6.07. The fraction of sp³-hybridized carbons (Fsp3) is 0.133. The third-order valence-electron chi connectivity index (χ3n) is 3.14. The Balaban J connectivity index is 1.93. The minimum absolute atomic E-state index is 0.000280. The van der Waals surface area contributed by atoms with Crippen LogP contribution in [-0.2, 0) is 6.54 Å². The normalized spacial score (nSPS) is 10.8. The lowest BCUT2D eigenvalue weighted by Crippen LogP contribution is -2.22. The van der Waals surface area contributed by atoms with Crippen LogP contribution in [0, 0.1) is 10.5 Å². The quantitative estimate of drug-likeness (QED) is 0.624. The van der Waals surface area contributed by atoms with E-state index in [-0.39, 0.29) is 5.56 Å². The molecule has 0 radical (unpaired) electrons. The van der Waals surface area contributed by atoms with Crippen LogP contribution in [0.1, 0.15) is 11.4 Å². The summed E-state index contributed by atoms with van der Waals surface area (Å²) in [6.45, 7) is 2.44. The summed E-state index contributed by atoms with van der Waals surface area (Å²) in [7, 11) is 0. The van der Waals surface area contributed by atoms with Crippen molar-refractivity contribution in [2.45, 2.75) is 13.5 Å². The van der Waals surface area contributed by atoms with E-state index in [9.17, 15) is 4.79 Å². The van der Waals surface area contributed by atoms with Crippen LogP contribution >= 0.6 is 33.9 Å². The van der Waals surface area contributed by atoms with Crippen molar-refractivity contribution in [3.8, 4) is 10.7 Å². The standard InChI is InChI=1S/C15H12IN3OS/c1-10-12(16)5-6-14(20)19(10)8-11-9-21-15(18-11)13-4-2-3-7-17-13/h2-7,9H,8H2,1H3. The van der Waals surface area contributed by atoms with Gasteiger partial charge in [-0.3, -0.25) is 9.78 Å². The first-order chi connectivity index (χ1) is 10.1. The van der Waals surface area contributed by atoms with Gasteiger partial charge in [-0.2, -0.15) is 0 Å². The summed E-state index contributed by atoms with van der Waals surface area (Å²) in [5.74, 6) is 0. The number of nitrogens with zero attached hydrogens (tertiary/aromatic N) is 3. The van der Waals surface area contributed by atoms with E-state index in [0.717, 1.165) is 25.7 Å². The van der Waals surface area contributed by atoms with Crippen molar-refractivity contribution in [1.82, 2.24) is 14.5 Å². The zero-order valence-electron chi connectivity index (χ0n) is 11.3. The van der Waals surface area contributed by atoms with Gasteiger partial charge in [0.1, 0.15) is 5.01 Å². The first-order valence-electron chi connectivity index (χ1n) is 6.37. The molecule has 0 atom stereocenters. The molecule has 0 bridgehead atoms. The van der Waals surface area contributed by atoms with Gasteiger partial charge in [-0.25, -0.2) is 4.98 Å². The number of pyridine rings is 2. The molecule has 0 amide bonds. The van der Waals surface area contributed by atoms with Crippen LogP contribution in [0.4, 0.5) is 0 Å². The summed E-state index contributed by atoms with van der Waals surface area (Å²) in [6, 6.07) is 9.20. The van der Waals surface area contributed by atoms with Crippen molar-refractivity contribution in [3.63, 3.8) is 0 Å². The fourth-order valence-electron chi connectivity index (χ4n) is 1.99. The second-order valence-corrected chi connectivity index (χ2v) is 6.57. The summed E-state index contributed by atoms with van der Waals surface area (Å²) in [6.07, 6.45) is 1.75. The Kier molecular flexibility index (Phi) is 4.16. The molecule has 0 aliphatic carbocycles. The Hall–Kier alpha value is -1.54. The number of aromatic nitrogens is 3. The molecule has 0 N–H and O–H groups in total. The van der Waals surface area contributed by atoms with Gasteiger partial charge in [-0.05, 0) is 47.7 Å². The molecule has 0 aliphatic rings. The molecule has 0 saturated heterocycles. The highest BCUT2D eigenvalue weighted by Crippen LogP contribution is 2.22. The van der Waals surface area contributed by atoms with E-state index < -0.39 is 0 Å². The maximum absolute atomic E-state index is 12.0. The fourth-order valence-corrected chi connectivity index (χ4v) is 3.25. The van der Waals surface area contributed by atoms with Gasteiger partial charge in [0.25, 0.3) is 5.56 Å². The summed E-state index contributed by atoms with van der Waals surface area (Å²) >= 11 is 3.78. The van der Waals surface area contributed by atoms with Crippen molar-refractivity contribution in [1.29, 1.82) is 0 Å². The molecule has 6 heteroatoms. The maximum Gasteiger partial charge on any atom is 0.251 e. The zero-order valence-corrected chi connectivity index (χ0v) is 14.3. The molecule has 3 rings (SSSR count). The van der Waals surface area contributed by atoms with E-state index in [1.165, 1.54) is 0 Å². The topological polar surface area (TPSA) is 47.8 Å². The molecule has 0 aliphatic heterocycles. The molecule has 106 valence electrons. The van der Waals surface area contributed by atoms with Gasteiger partial charge < -0.3 is 4.57 Å². The van der Waals surface area contributed by atoms with Crippen LogP contribution in [0.3, 0.4) is 0 Å². The second-order valence-electron chi connectivity index (χ2n) is 4.55. The summed E-state index contributed by atoms with van der Waals surface area (Å²) in [5.41, 5.74) is 2.71. The van der Waals surface area contributed by atoms with E-state index >= 15 is 0 Å². The number of thiazole rings is 1. The molecule has 0 fully saturated rings. The third-order valence-corrected chi connectivity index (χ3v) is 5.20. The Bertz CT molecular complexity index is 826. The van der Waals surface area contributed by atoms with Crippen molar-refractivity contribution < 1.29 is 0 Å². The smallest absolute Gasteiger partial charge is 0.251 e. The molecule has 0 aromatic carbocycles. The first-order valence-corrected chi connectivity index (χ1v) is 8.33. The van der Waals surface area contributed by atoms with Crippen LogP contribution < -0.4 is 5.56 Å². The SMILES string of the molecule is Cc1c(I)ccc(=O)n1Cc1csc(-c2ccccn2)n1. The van der Waals surface area contributed by atoms with Crippen molar-refractivity contribution in [2.24, 2.45) is 0 Å². The van der Waals surface area contributed by atoms with Crippen LogP contribution in [0.25, 0.3) is 10.7 Å². The third kappa shape index (κ3) is 3.06. The highest BCUT2D eigenvalue weighted by molar-refractivity contribution is 14.1. The summed E-state index contributed by atoms with van der Waals surface area (Å²) in [5, 5.41) is 2.86. The molecule has 3 heterocycles. The molecule has 0 saturated carbocycles. The Morgan fingerprint density at radius 1 is 1.29 bits per heavy atom. The molecule has 3 aromatic rings. The molecule has 0 unspecified atom stereocenters. The molecular weight excluding hydrogens is 397 g/mol. The number of halogens is 1. The predicted octanol–water partition coefficient (Wildman–Crippen LogP) is 3.33. The summed E-state index contributed by atoms with van der Waals surface area (Å²) in [4.78, 5) is 20.9. The van der Waals surface area contributed by atoms with Crippen molar-refractivity contribution in [3.05, 3.63) is 67.2 Å². The average molecular weight is 409 g/mol. The molecular formula is C15H12IN3OS. The van der Waals surface area contributed by atoms with Crippen LogP contribution in [0.5, 0.6) is 0 Å². The van der Waals surface area contributed by atoms with Gasteiger partial charge in [0, 0.05) is 26.9 Å². The van der Waals surface area contributed by atoms with Gasteiger partial charge >= 0.3 is 0 Å². The monoisotopic (exact) mass is 409 g/mol. The number of hydrogen-bond donors (Lipinski definition) is 0. The van der Waals surface area contributed by atoms with E-state index in [0.29, 0.717) is 6.54 Å². The zero-order chi connectivity index (χ0) is 14.8. The van der Waals surface area contributed by atoms with Crippen LogP contribution in [0.15, 0.2) is 46.7 Å². The van der Waals surface area contributed by atoms with Gasteiger partial charge in [0.05, 0.1) is 17.9 Å². The Morgan fingerprint density at radius 3 is 2.90 bits per heavy atom. The van der Waals surface area contributed by atoms with E-state index in [1.54, 1.807) is 28.2 Å². The predicted molar refractivity (Wildman–Crippen MR) is 92.6 cm³/mol. The van der Waals surface area contributed by atoms with Gasteiger partial charge in [0.15, 0.2) is 0 Å². The van der Waals surface area contributed by atoms with E-state index in [1.807, 2.05) is 36.6 Å². The van der Waals surface area contributed by atoms with Crippen molar-refractivity contribution >= 4 is 33.9 Å². The van der Waals surface area contributed by atoms with E-state index in [4.69, 9.17) is 0 Å². The van der Waals surface area contributed by atoms with E-state index in [2.05, 4.69) is 32.6 Å². The lowest BCUT2D eigenvalue weighted by molar-refractivity contribution is 0.713. The van der Waals surface area contributed by atoms with Gasteiger partial charge in [-0.1, -0.05) is 6.07 Å². The van der Waals surface area contributed by atoms with Crippen LogP contribution in [0.2, 0.25) is 0 Å². The molecule has 4 nitrogen and oxygen atoms in total. The first kappa shape index (κ1) is 14.4. The number of rotatable bonds is 3. The average Bonchev–Trinajstić information content (AvgIpc) is 2.97.